The van der Waals surface area contributed by atoms with Crippen LogP contribution in [0.4, 0.5) is 5.69 Å². The van der Waals surface area contributed by atoms with Crippen molar-refractivity contribution in [1.82, 2.24) is 4.98 Å². The van der Waals surface area contributed by atoms with Crippen LogP contribution in [0.1, 0.15) is 31.9 Å². The summed E-state index contributed by atoms with van der Waals surface area (Å²) in [7, 11) is 0. The molecule has 4 heteroatoms. The molecule has 1 rings (SSSR count). The van der Waals surface area contributed by atoms with Gasteiger partial charge in [-0.15, -0.1) is 0 Å². The van der Waals surface area contributed by atoms with Crippen molar-refractivity contribution in [2.45, 2.75) is 46.6 Å². The van der Waals surface area contributed by atoms with E-state index < -0.39 is 12.0 Å². The van der Waals surface area contributed by atoms with Crippen LogP contribution < -0.4 is 5.32 Å². The Morgan fingerprint density at radius 3 is 2.50 bits per heavy atom. The SMILES string of the molecule is Cc1cncc(NC(O)OC(C)(C)C)c1C. The summed E-state index contributed by atoms with van der Waals surface area (Å²) in [6.07, 6.45) is 2.44. The van der Waals surface area contributed by atoms with Crippen LogP contribution in [0, 0.1) is 13.8 Å². The van der Waals surface area contributed by atoms with Crippen molar-refractivity contribution in [3.8, 4) is 0 Å². The Morgan fingerprint density at radius 1 is 1.31 bits per heavy atom. The average molecular weight is 224 g/mol. The van der Waals surface area contributed by atoms with Crippen molar-refractivity contribution in [2.24, 2.45) is 0 Å². The number of aliphatic hydroxyl groups is 1. The summed E-state index contributed by atoms with van der Waals surface area (Å²) in [5, 5.41) is 12.6. The molecule has 1 atom stereocenters. The Labute approximate surface area is 96.7 Å². The molecule has 1 unspecified atom stereocenters. The van der Waals surface area contributed by atoms with Crippen LogP contribution in [-0.2, 0) is 4.74 Å². The maximum Gasteiger partial charge on any atom is 0.235 e. The number of pyridine rings is 1. The fraction of sp³-hybridized carbons (Fsp3) is 0.583. The zero-order valence-electron chi connectivity index (χ0n) is 10.5. The lowest BCUT2D eigenvalue weighted by Gasteiger charge is -2.25. The number of aryl methyl sites for hydroxylation is 1. The molecule has 0 aromatic carbocycles. The van der Waals surface area contributed by atoms with Crippen molar-refractivity contribution in [3.63, 3.8) is 0 Å². The number of rotatable bonds is 3. The van der Waals surface area contributed by atoms with Crippen LogP contribution in [0.3, 0.4) is 0 Å². The van der Waals surface area contributed by atoms with Crippen LogP contribution in [0.2, 0.25) is 0 Å². The van der Waals surface area contributed by atoms with Gasteiger partial charge in [0.25, 0.3) is 0 Å². The van der Waals surface area contributed by atoms with E-state index in [-0.39, 0.29) is 0 Å². The highest BCUT2D eigenvalue weighted by atomic mass is 16.6. The molecule has 16 heavy (non-hydrogen) atoms. The summed E-state index contributed by atoms with van der Waals surface area (Å²) in [5.74, 6) is 0. The minimum absolute atomic E-state index is 0.391. The minimum atomic E-state index is -1.03. The number of hydrogen-bond acceptors (Lipinski definition) is 4. The second-order valence-electron chi connectivity index (χ2n) is 4.86. The zero-order valence-corrected chi connectivity index (χ0v) is 10.5. The van der Waals surface area contributed by atoms with E-state index in [9.17, 15) is 5.11 Å². The van der Waals surface area contributed by atoms with Gasteiger partial charge >= 0.3 is 0 Å². The van der Waals surface area contributed by atoms with Gasteiger partial charge in [-0.05, 0) is 45.7 Å². The molecular weight excluding hydrogens is 204 g/mol. The molecule has 2 N–H and O–H groups in total. The fourth-order valence-corrected chi connectivity index (χ4v) is 1.27. The van der Waals surface area contributed by atoms with Crippen LogP contribution in [0.25, 0.3) is 0 Å². The number of anilines is 1. The van der Waals surface area contributed by atoms with Gasteiger partial charge in [0, 0.05) is 6.20 Å². The quantitative estimate of drug-likeness (QED) is 0.773. The molecule has 0 saturated carbocycles. The Hall–Kier alpha value is -1.13. The molecule has 0 aliphatic heterocycles. The Balaban J connectivity index is 2.70. The number of ether oxygens (including phenoxy) is 1. The predicted octanol–water partition coefficient (Wildman–Crippen LogP) is 2.20. The van der Waals surface area contributed by atoms with E-state index in [2.05, 4.69) is 10.3 Å². The van der Waals surface area contributed by atoms with Gasteiger partial charge in [-0.25, -0.2) is 0 Å². The highest BCUT2D eigenvalue weighted by Crippen LogP contribution is 2.18. The highest BCUT2D eigenvalue weighted by Gasteiger charge is 2.17. The molecule has 1 heterocycles. The van der Waals surface area contributed by atoms with Gasteiger partial charge in [-0.2, -0.15) is 0 Å². The molecule has 0 amide bonds. The second kappa shape index (κ2) is 4.80. The van der Waals surface area contributed by atoms with Gasteiger partial charge in [0.2, 0.25) is 6.41 Å². The summed E-state index contributed by atoms with van der Waals surface area (Å²) >= 11 is 0. The second-order valence-corrected chi connectivity index (χ2v) is 4.86. The third-order valence-corrected chi connectivity index (χ3v) is 2.21. The molecule has 0 aliphatic carbocycles. The lowest BCUT2D eigenvalue weighted by Crippen LogP contribution is -2.32. The normalized spacial score (nSPS) is 13.6. The van der Waals surface area contributed by atoms with E-state index in [4.69, 9.17) is 4.74 Å². The van der Waals surface area contributed by atoms with Gasteiger partial charge in [0.05, 0.1) is 17.5 Å². The van der Waals surface area contributed by atoms with Crippen molar-refractivity contribution < 1.29 is 9.84 Å². The van der Waals surface area contributed by atoms with Gasteiger partial charge in [-0.1, -0.05) is 0 Å². The molecule has 90 valence electrons. The van der Waals surface area contributed by atoms with Crippen molar-refractivity contribution in [1.29, 1.82) is 0 Å². The number of nitrogens with one attached hydrogen (secondary N) is 1. The predicted molar refractivity (Wildman–Crippen MR) is 64.2 cm³/mol. The van der Waals surface area contributed by atoms with Gasteiger partial charge in [-0.3, -0.25) is 4.98 Å². The molecule has 0 radical (unpaired) electrons. The number of hydrogen-bond donors (Lipinski definition) is 2. The first kappa shape index (κ1) is 12.9. The summed E-state index contributed by atoms with van der Waals surface area (Å²) in [4.78, 5) is 4.07. The van der Waals surface area contributed by atoms with E-state index in [0.717, 1.165) is 16.8 Å². The molecule has 0 fully saturated rings. The molecule has 1 aromatic heterocycles. The van der Waals surface area contributed by atoms with Gasteiger partial charge in [0.15, 0.2) is 0 Å². The van der Waals surface area contributed by atoms with Crippen LogP contribution >= 0.6 is 0 Å². The number of aliphatic hydroxyl groups excluding tert-OH is 1. The lowest BCUT2D eigenvalue weighted by molar-refractivity contribution is -0.148. The zero-order chi connectivity index (χ0) is 12.3. The summed E-state index contributed by atoms with van der Waals surface area (Å²) in [5.41, 5.74) is 2.54. The minimum Gasteiger partial charge on any atom is -0.351 e. The Morgan fingerprint density at radius 2 is 1.94 bits per heavy atom. The first-order valence-electron chi connectivity index (χ1n) is 5.33. The fourth-order valence-electron chi connectivity index (χ4n) is 1.27. The first-order chi connectivity index (χ1) is 7.29. The maximum atomic E-state index is 9.69. The van der Waals surface area contributed by atoms with Crippen LogP contribution in [0.5, 0.6) is 0 Å². The van der Waals surface area contributed by atoms with E-state index in [0.29, 0.717) is 0 Å². The third kappa shape index (κ3) is 3.79. The van der Waals surface area contributed by atoms with Crippen LogP contribution in [-0.4, -0.2) is 22.1 Å². The highest BCUT2D eigenvalue weighted by molar-refractivity contribution is 5.51. The van der Waals surface area contributed by atoms with Gasteiger partial charge < -0.3 is 15.2 Å². The van der Waals surface area contributed by atoms with Crippen molar-refractivity contribution >= 4 is 5.69 Å². The summed E-state index contributed by atoms with van der Waals surface area (Å²) in [6, 6.07) is 0. The largest absolute Gasteiger partial charge is 0.351 e. The molecule has 4 nitrogen and oxygen atoms in total. The molecule has 0 aliphatic rings. The van der Waals surface area contributed by atoms with E-state index in [1.807, 2.05) is 34.6 Å². The van der Waals surface area contributed by atoms with Gasteiger partial charge in [0.1, 0.15) is 0 Å². The number of nitrogens with zero attached hydrogens (tertiary/aromatic N) is 1. The molecular formula is C12H20N2O2. The number of aromatic nitrogens is 1. The molecule has 1 aromatic rings. The third-order valence-electron chi connectivity index (χ3n) is 2.21. The average Bonchev–Trinajstić information content (AvgIpc) is 2.09. The smallest absolute Gasteiger partial charge is 0.235 e. The lowest BCUT2D eigenvalue weighted by atomic mass is 10.1. The first-order valence-corrected chi connectivity index (χ1v) is 5.33. The van der Waals surface area contributed by atoms with Crippen LogP contribution in [0.15, 0.2) is 12.4 Å². The standard InChI is InChI=1S/C12H20N2O2/c1-8-6-13-7-10(9(8)2)14-11(15)16-12(3,4)5/h6-7,11,14-15H,1-5H3. The Bertz CT molecular complexity index is 359. The summed E-state index contributed by atoms with van der Waals surface area (Å²) in [6.45, 7) is 9.62. The molecule has 0 spiro atoms. The topological polar surface area (TPSA) is 54.4 Å². The maximum absolute atomic E-state index is 9.69. The van der Waals surface area contributed by atoms with E-state index in [1.165, 1.54) is 0 Å². The monoisotopic (exact) mass is 224 g/mol. The molecule has 0 bridgehead atoms. The van der Waals surface area contributed by atoms with E-state index >= 15 is 0 Å². The van der Waals surface area contributed by atoms with Crippen molar-refractivity contribution in [2.75, 3.05) is 5.32 Å². The Kier molecular flexibility index (Phi) is 3.88. The van der Waals surface area contributed by atoms with Crippen molar-refractivity contribution in [3.05, 3.63) is 23.5 Å². The summed E-state index contributed by atoms with van der Waals surface area (Å²) < 4.78 is 5.35. The molecule has 0 saturated heterocycles. The van der Waals surface area contributed by atoms with E-state index in [1.54, 1.807) is 12.4 Å².